The smallest absolute Gasteiger partial charge is 0.0620 e. The number of rotatable bonds is 4. The minimum Gasteiger partial charge on any atom is -0.380 e. The highest BCUT2D eigenvalue weighted by Crippen LogP contribution is 2.23. The molecule has 1 atom stereocenters. The molecular weight excluding hydrogens is 198 g/mol. The van der Waals surface area contributed by atoms with Gasteiger partial charge in [-0.05, 0) is 31.7 Å². The lowest BCUT2D eigenvalue weighted by molar-refractivity contribution is 0.0565. The summed E-state index contributed by atoms with van der Waals surface area (Å²) in [6.07, 6.45) is 8.41. The molecule has 1 aliphatic heterocycles. The molecular formula is C11H22ClNO. The summed E-state index contributed by atoms with van der Waals surface area (Å²) in [5.74, 6) is 0.869. The largest absolute Gasteiger partial charge is 0.380 e. The second-order valence-electron chi connectivity index (χ2n) is 4.48. The first-order chi connectivity index (χ1) is 6.45. The Morgan fingerprint density at radius 2 is 1.71 bits per heavy atom. The SMILES string of the molecule is C1CCC(COC[C@@H]2CCN2)CC1.Cl. The molecule has 2 aliphatic rings. The van der Waals surface area contributed by atoms with Gasteiger partial charge in [0.15, 0.2) is 0 Å². The topological polar surface area (TPSA) is 21.3 Å². The van der Waals surface area contributed by atoms with E-state index in [0.29, 0.717) is 6.04 Å². The Hall–Kier alpha value is 0.210. The first-order valence-corrected chi connectivity index (χ1v) is 5.76. The van der Waals surface area contributed by atoms with E-state index in [0.717, 1.165) is 19.1 Å². The van der Waals surface area contributed by atoms with Crippen molar-refractivity contribution in [1.82, 2.24) is 5.32 Å². The average molecular weight is 220 g/mol. The summed E-state index contributed by atoms with van der Waals surface area (Å²) in [4.78, 5) is 0. The van der Waals surface area contributed by atoms with Gasteiger partial charge in [0.2, 0.25) is 0 Å². The fraction of sp³-hybridized carbons (Fsp3) is 1.00. The summed E-state index contributed by atoms with van der Waals surface area (Å²) in [5.41, 5.74) is 0. The number of ether oxygens (including phenoxy) is 1. The van der Waals surface area contributed by atoms with Crippen LogP contribution in [-0.4, -0.2) is 25.8 Å². The second-order valence-corrected chi connectivity index (χ2v) is 4.48. The Morgan fingerprint density at radius 3 is 2.29 bits per heavy atom. The van der Waals surface area contributed by atoms with Gasteiger partial charge in [0.1, 0.15) is 0 Å². The van der Waals surface area contributed by atoms with E-state index in [1.165, 1.54) is 45.1 Å². The van der Waals surface area contributed by atoms with E-state index in [9.17, 15) is 0 Å². The molecule has 0 spiro atoms. The van der Waals surface area contributed by atoms with Crippen LogP contribution < -0.4 is 5.32 Å². The molecule has 2 nitrogen and oxygen atoms in total. The zero-order valence-corrected chi connectivity index (χ0v) is 9.65. The third-order valence-electron chi connectivity index (χ3n) is 3.32. The van der Waals surface area contributed by atoms with Crippen molar-refractivity contribution in [3.05, 3.63) is 0 Å². The quantitative estimate of drug-likeness (QED) is 0.784. The molecule has 14 heavy (non-hydrogen) atoms. The Labute approximate surface area is 93.2 Å². The van der Waals surface area contributed by atoms with Crippen LogP contribution in [0.4, 0.5) is 0 Å². The van der Waals surface area contributed by atoms with Crippen molar-refractivity contribution in [2.75, 3.05) is 19.8 Å². The number of hydrogen-bond acceptors (Lipinski definition) is 2. The third kappa shape index (κ3) is 3.76. The van der Waals surface area contributed by atoms with E-state index in [1.54, 1.807) is 0 Å². The molecule has 1 saturated carbocycles. The minimum atomic E-state index is 0. The van der Waals surface area contributed by atoms with Crippen molar-refractivity contribution in [1.29, 1.82) is 0 Å². The van der Waals surface area contributed by atoms with Crippen molar-refractivity contribution >= 4 is 12.4 Å². The van der Waals surface area contributed by atoms with Crippen LogP contribution in [0.2, 0.25) is 0 Å². The van der Waals surface area contributed by atoms with Gasteiger partial charge in [-0.3, -0.25) is 0 Å². The van der Waals surface area contributed by atoms with E-state index in [2.05, 4.69) is 5.32 Å². The molecule has 0 aromatic carbocycles. The maximum Gasteiger partial charge on any atom is 0.0620 e. The maximum absolute atomic E-state index is 5.71. The molecule has 0 amide bonds. The van der Waals surface area contributed by atoms with E-state index >= 15 is 0 Å². The molecule has 0 bridgehead atoms. The van der Waals surface area contributed by atoms with Gasteiger partial charge in [-0.1, -0.05) is 19.3 Å². The normalized spacial score (nSPS) is 27.9. The molecule has 2 fully saturated rings. The minimum absolute atomic E-state index is 0. The van der Waals surface area contributed by atoms with E-state index in [1.807, 2.05) is 0 Å². The molecule has 2 rings (SSSR count). The predicted octanol–water partition coefficient (Wildman–Crippen LogP) is 2.37. The molecule has 1 aliphatic carbocycles. The van der Waals surface area contributed by atoms with Crippen LogP contribution in [0.25, 0.3) is 0 Å². The first kappa shape index (κ1) is 12.3. The van der Waals surface area contributed by atoms with Crippen LogP contribution in [-0.2, 0) is 4.74 Å². The molecule has 1 saturated heterocycles. The first-order valence-electron chi connectivity index (χ1n) is 5.76. The van der Waals surface area contributed by atoms with Gasteiger partial charge >= 0.3 is 0 Å². The van der Waals surface area contributed by atoms with Crippen molar-refractivity contribution in [3.63, 3.8) is 0 Å². The van der Waals surface area contributed by atoms with Crippen molar-refractivity contribution < 1.29 is 4.74 Å². The number of hydrogen-bond donors (Lipinski definition) is 1. The lowest BCUT2D eigenvalue weighted by Crippen LogP contribution is -2.46. The zero-order valence-electron chi connectivity index (χ0n) is 8.84. The van der Waals surface area contributed by atoms with Crippen molar-refractivity contribution in [3.8, 4) is 0 Å². The Bertz CT molecular complexity index is 144. The van der Waals surface area contributed by atoms with E-state index < -0.39 is 0 Å². The van der Waals surface area contributed by atoms with Crippen LogP contribution >= 0.6 is 12.4 Å². The second kappa shape index (κ2) is 6.65. The fourth-order valence-corrected chi connectivity index (χ4v) is 2.22. The van der Waals surface area contributed by atoms with Gasteiger partial charge in [-0.25, -0.2) is 0 Å². The lowest BCUT2D eigenvalue weighted by Gasteiger charge is -2.28. The Morgan fingerprint density at radius 1 is 1.00 bits per heavy atom. The highest BCUT2D eigenvalue weighted by Gasteiger charge is 2.18. The molecule has 84 valence electrons. The number of nitrogens with one attached hydrogen (secondary N) is 1. The summed E-state index contributed by atoms with van der Waals surface area (Å²) < 4.78 is 5.71. The van der Waals surface area contributed by atoms with Gasteiger partial charge in [0.25, 0.3) is 0 Å². The van der Waals surface area contributed by atoms with Crippen LogP contribution in [0.1, 0.15) is 38.5 Å². The molecule has 0 aromatic heterocycles. The molecule has 0 radical (unpaired) electrons. The highest BCUT2D eigenvalue weighted by atomic mass is 35.5. The summed E-state index contributed by atoms with van der Waals surface area (Å²) in [7, 11) is 0. The van der Waals surface area contributed by atoms with Gasteiger partial charge in [-0.15, -0.1) is 12.4 Å². The average Bonchev–Trinajstić information content (AvgIpc) is 2.11. The summed E-state index contributed by atoms with van der Waals surface area (Å²) in [6, 6.07) is 0.670. The monoisotopic (exact) mass is 219 g/mol. The third-order valence-corrected chi connectivity index (χ3v) is 3.32. The van der Waals surface area contributed by atoms with Crippen molar-refractivity contribution in [2.24, 2.45) is 5.92 Å². The number of halogens is 1. The Kier molecular flexibility index (Phi) is 5.83. The van der Waals surface area contributed by atoms with Crippen LogP contribution in [0.3, 0.4) is 0 Å². The van der Waals surface area contributed by atoms with Gasteiger partial charge in [0, 0.05) is 12.6 Å². The maximum atomic E-state index is 5.71. The molecule has 0 unspecified atom stereocenters. The summed E-state index contributed by atoms with van der Waals surface area (Å²) >= 11 is 0. The van der Waals surface area contributed by atoms with Crippen LogP contribution in [0, 0.1) is 5.92 Å². The molecule has 1 N–H and O–H groups in total. The molecule has 0 aromatic rings. The molecule has 3 heteroatoms. The lowest BCUT2D eigenvalue weighted by atomic mass is 9.90. The van der Waals surface area contributed by atoms with Crippen molar-refractivity contribution in [2.45, 2.75) is 44.6 Å². The van der Waals surface area contributed by atoms with E-state index in [4.69, 9.17) is 4.74 Å². The standard InChI is InChI=1S/C11H21NO.ClH/c1-2-4-10(5-3-1)8-13-9-11-6-7-12-11;/h10-12H,1-9H2;1H/t11-;/m0./s1. The van der Waals surface area contributed by atoms with Gasteiger partial charge in [0.05, 0.1) is 6.61 Å². The summed E-state index contributed by atoms with van der Waals surface area (Å²) in [5, 5.41) is 3.36. The predicted molar refractivity (Wildman–Crippen MR) is 61.0 cm³/mol. The van der Waals surface area contributed by atoms with Gasteiger partial charge in [-0.2, -0.15) is 0 Å². The highest BCUT2D eigenvalue weighted by molar-refractivity contribution is 5.85. The van der Waals surface area contributed by atoms with Crippen LogP contribution in [0.15, 0.2) is 0 Å². The Balaban J connectivity index is 0.000000980. The van der Waals surface area contributed by atoms with E-state index in [-0.39, 0.29) is 12.4 Å². The van der Waals surface area contributed by atoms with Crippen LogP contribution in [0.5, 0.6) is 0 Å². The zero-order chi connectivity index (χ0) is 8.93. The summed E-state index contributed by atoms with van der Waals surface area (Å²) in [6.45, 7) is 3.14. The fourth-order valence-electron chi connectivity index (χ4n) is 2.22. The van der Waals surface area contributed by atoms with Gasteiger partial charge < -0.3 is 10.1 Å². The molecule has 1 heterocycles.